The van der Waals surface area contributed by atoms with Crippen LogP contribution in [0.4, 0.5) is 4.79 Å². The van der Waals surface area contributed by atoms with Gasteiger partial charge < -0.3 is 15.3 Å². The number of piperazine rings is 1. The van der Waals surface area contributed by atoms with Crippen molar-refractivity contribution in [2.24, 2.45) is 0 Å². The monoisotopic (exact) mass is 285 g/mol. The Balaban J connectivity index is 2.48. The lowest BCUT2D eigenvalue weighted by Crippen LogP contribution is -2.57. The SMILES string of the molecule is CCC[C@@H](NC(=O)N1CCN(C(C)(C)C)CC1)C(=O)O. The number of carbonyl (C=O) groups is 2. The highest BCUT2D eigenvalue weighted by Crippen LogP contribution is 2.15. The van der Waals surface area contributed by atoms with Crippen LogP contribution < -0.4 is 5.32 Å². The van der Waals surface area contributed by atoms with Gasteiger partial charge in [0.25, 0.3) is 0 Å². The molecule has 6 nitrogen and oxygen atoms in total. The first-order valence-electron chi connectivity index (χ1n) is 7.29. The van der Waals surface area contributed by atoms with Crippen LogP contribution >= 0.6 is 0 Å². The number of carbonyl (C=O) groups excluding carboxylic acids is 1. The minimum atomic E-state index is -0.964. The van der Waals surface area contributed by atoms with Crippen LogP contribution in [0, 0.1) is 0 Å². The van der Waals surface area contributed by atoms with Crippen LogP contribution in [0.1, 0.15) is 40.5 Å². The Kier molecular flexibility index (Phi) is 5.80. The fraction of sp³-hybridized carbons (Fsp3) is 0.857. The van der Waals surface area contributed by atoms with E-state index in [4.69, 9.17) is 5.11 Å². The predicted molar refractivity (Wildman–Crippen MR) is 77.8 cm³/mol. The van der Waals surface area contributed by atoms with Crippen LogP contribution in [-0.4, -0.2) is 64.7 Å². The summed E-state index contributed by atoms with van der Waals surface area (Å²) in [4.78, 5) is 27.2. The van der Waals surface area contributed by atoms with Crippen molar-refractivity contribution in [3.05, 3.63) is 0 Å². The molecular weight excluding hydrogens is 258 g/mol. The van der Waals surface area contributed by atoms with Gasteiger partial charge in [0.15, 0.2) is 0 Å². The molecule has 20 heavy (non-hydrogen) atoms. The first kappa shape index (κ1) is 16.8. The summed E-state index contributed by atoms with van der Waals surface area (Å²) in [5.74, 6) is -0.964. The summed E-state index contributed by atoms with van der Waals surface area (Å²) in [5.41, 5.74) is 0.106. The van der Waals surface area contributed by atoms with Crippen molar-refractivity contribution in [1.29, 1.82) is 0 Å². The van der Waals surface area contributed by atoms with Crippen molar-refractivity contribution >= 4 is 12.0 Å². The summed E-state index contributed by atoms with van der Waals surface area (Å²) >= 11 is 0. The highest BCUT2D eigenvalue weighted by molar-refractivity contribution is 5.82. The number of amides is 2. The van der Waals surface area contributed by atoms with E-state index < -0.39 is 12.0 Å². The standard InChI is InChI=1S/C14H27N3O3/c1-5-6-11(12(18)19)15-13(20)16-7-9-17(10-8-16)14(2,3)4/h11H,5-10H2,1-4H3,(H,15,20)(H,18,19)/t11-/m1/s1. The van der Waals surface area contributed by atoms with E-state index in [2.05, 4.69) is 31.0 Å². The number of urea groups is 1. The molecule has 0 radical (unpaired) electrons. The highest BCUT2D eigenvalue weighted by atomic mass is 16.4. The molecule has 1 rings (SSSR count). The van der Waals surface area contributed by atoms with Crippen LogP contribution in [0.3, 0.4) is 0 Å². The summed E-state index contributed by atoms with van der Waals surface area (Å²) in [7, 11) is 0. The minimum Gasteiger partial charge on any atom is -0.480 e. The fourth-order valence-electron chi connectivity index (χ4n) is 2.37. The number of nitrogens with zero attached hydrogens (tertiary/aromatic N) is 2. The third-order valence-corrected chi connectivity index (χ3v) is 3.69. The lowest BCUT2D eigenvalue weighted by atomic mass is 10.1. The van der Waals surface area contributed by atoms with Gasteiger partial charge in [0.2, 0.25) is 0 Å². The zero-order valence-electron chi connectivity index (χ0n) is 13.0. The van der Waals surface area contributed by atoms with Gasteiger partial charge in [-0.1, -0.05) is 13.3 Å². The summed E-state index contributed by atoms with van der Waals surface area (Å²) < 4.78 is 0. The molecule has 0 saturated carbocycles. The molecular formula is C14H27N3O3. The molecule has 6 heteroatoms. The van der Waals surface area contributed by atoms with Gasteiger partial charge in [-0.15, -0.1) is 0 Å². The van der Waals surface area contributed by atoms with E-state index in [1.165, 1.54) is 0 Å². The Bertz CT molecular complexity index is 344. The van der Waals surface area contributed by atoms with Gasteiger partial charge in [-0.05, 0) is 27.2 Å². The Labute approximate surface area is 121 Å². The molecule has 1 saturated heterocycles. The Morgan fingerprint density at radius 1 is 1.20 bits per heavy atom. The van der Waals surface area contributed by atoms with Crippen LogP contribution in [0.2, 0.25) is 0 Å². The number of carboxylic acid groups (broad SMARTS) is 1. The topological polar surface area (TPSA) is 72.9 Å². The van der Waals surface area contributed by atoms with Crippen LogP contribution in [0.5, 0.6) is 0 Å². The summed E-state index contributed by atoms with van der Waals surface area (Å²) in [5, 5.41) is 11.7. The largest absolute Gasteiger partial charge is 0.480 e. The molecule has 1 aliphatic rings. The van der Waals surface area contributed by atoms with E-state index in [1.54, 1.807) is 4.90 Å². The van der Waals surface area contributed by atoms with E-state index in [9.17, 15) is 9.59 Å². The Morgan fingerprint density at radius 2 is 1.75 bits per heavy atom. The predicted octanol–water partition coefficient (Wildman–Crippen LogP) is 1.37. The van der Waals surface area contributed by atoms with Crippen LogP contribution in [0.15, 0.2) is 0 Å². The minimum absolute atomic E-state index is 0.106. The molecule has 0 aromatic heterocycles. The first-order valence-corrected chi connectivity index (χ1v) is 7.29. The Morgan fingerprint density at radius 3 is 2.15 bits per heavy atom. The van der Waals surface area contributed by atoms with Gasteiger partial charge in [-0.25, -0.2) is 9.59 Å². The van der Waals surface area contributed by atoms with Crippen LogP contribution in [0.25, 0.3) is 0 Å². The molecule has 1 heterocycles. The molecule has 0 unspecified atom stereocenters. The van der Waals surface area contributed by atoms with Crippen molar-refractivity contribution in [3.63, 3.8) is 0 Å². The van der Waals surface area contributed by atoms with Crippen LogP contribution in [-0.2, 0) is 4.79 Å². The maximum atomic E-state index is 12.1. The number of nitrogens with one attached hydrogen (secondary N) is 1. The second-order valence-corrected chi connectivity index (χ2v) is 6.27. The molecule has 0 bridgehead atoms. The first-order chi connectivity index (χ1) is 9.25. The molecule has 0 aliphatic carbocycles. The van der Waals surface area contributed by atoms with Crippen molar-refractivity contribution in [1.82, 2.24) is 15.1 Å². The van der Waals surface area contributed by atoms with E-state index in [0.717, 1.165) is 19.5 Å². The van der Waals surface area contributed by atoms with Gasteiger partial charge in [0.05, 0.1) is 0 Å². The number of hydrogen-bond acceptors (Lipinski definition) is 3. The van der Waals surface area contributed by atoms with E-state index in [-0.39, 0.29) is 11.6 Å². The smallest absolute Gasteiger partial charge is 0.326 e. The molecule has 0 spiro atoms. The van der Waals surface area contributed by atoms with Crippen molar-refractivity contribution in [3.8, 4) is 0 Å². The number of hydrogen-bond donors (Lipinski definition) is 2. The highest BCUT2D eigenvalue weighted by Gasteiger charge is 2.29. The van der Waals surface area contributed by atoms with Gasteiger partial charge >= 0.3 is 12.0 Å². The molecule has 116 valence electrons. The van der Waals surface area contributed by atoms with E-state index in [1.807, 2.05) is 6.92 Å². The average molecular weight is 285 g/mol. The second-order valence-electron chi connectivity index (χ2n) is 6.27. The normalized spacial score (nSPS) is 18.7. The van der Waals surface area contributed by atoms with E-state index >= 15 is 0 Å². The second kappa shape index (κ2) is 6.92. The molecule has 2 amide bonds. The van der Waals surface area contributed by atoms with Crippen molar-refractivity contribution in [2.45, 2.75) is 52.1 Å². The molecule has 1 atom stereocenters. The number of carboxylic acids is 1. The molecule has 0 aromatic carbocycles. The maximum Gasteiger partial charge on any atom is 0.326 e. The molecule has 1 aliphatic heterocycles. The molecule has 1 fully saturated rings. The summed E-state index contributed by atoms with van der Waals surface area (Å²) in [6, 6.07) is -1.05. The average Bonchev–Trinajstić information content (AvgIpc) is 2.37. The van der Waals surface area contributed by atoms with E-state index in [0.29, 0.717) is 19.5 Å². The van der Waals surface area contributed by atoms with Crippen molar-refractivity contribution in [2.75, 3.05) is 26.2 Å². The number of aliphatic carboxylic acids is 1. The zero-order valence-corrected chi connectivity index (χ0v) is 13.0. The van der Waals surface area contributed by atoms with Crippen molar-refractivity contribution < 1.29 is 14.7 Å². The lowest BCUT2D eigenvalue weighted by molar-refractivity contribution is -0.139. The zero-order chi connectivity index (χ0) is 15.3. The molecule has 2 N–H and O–H groups in total. The third kappa shape index (κ3) is 4.67. The maximum absolute atomic E-state index is 12.1. The number of rotatable bonds is 4. The van der Waals surface area contributed by atoms with Gasteiger partial charge in [-0.2, -0.15) is 0 Å². The lowest BCUT2D eigenvalue weighted by Gasteiger charge is -2.42. The summed E-state index contributed by atoms with van der Waals surface area (Å²) in [6.45, 7) is 11.3. The molecule has 0 aromatic rings. The quantitative estimate of drug-likeness (QED) is 0.818. The van der Waals surface area contributed by atoms with Gasteiger partial charge in [0.1, 0.15) is 6.04 Å². The van der Waals surface area contributed by atoms with Gasteiger partial charge in [-0.3, -0.25) is 4.90 Å². The Hall–Kier alpha value is -1.30. The fourth-order valence-corrected chi connectivity index (χ4v) is 2.37. The third-order valence-electron chi connectivity index (χ3n) is 3.69. The van der Waals surface area contributed by atoms with Gasteiger partial charge in [0, 0.05) is 31.7 Å². The summed E-state index contributed by atoms with van der Waals surface area (Å²) in [6.07, 6.45) is 1.19.